The van der Waals surface area contributed by atoms with Crippen molar-refractivity contribution in [2.75, 3.05) is 7.05 Å². The molecule has 1 amide bonds. The molecule has 0 radical (unpaired) electrons. The third-order valence-electron chi connectivity index (χ3n) is 4.36. The van der Waals surface area contributed by atoms with Gasteiger partial charge in [0.2, 0.25) is 0 Å². The van der Waals surface area contributed by atoms with E-state index >= 15 is 0 Å². The standard InChI is InChI=1S/C22H20N4O3S/c1-15-8-9-18(11-23-15)28-13-19-10-20(25-29-19)22(27)26(2)12-17-14-30-21(24-17)16-6-4-3-5-7-16/h3-11,14H,12-13H2,1-2H3. The molecule has 0 unspecified atom stereocenters. The summed E-state index contributed by atoms with van der Waals surface area (Å²) < 4.78 is 10.8. The molecule has 0 fully saturated rings. The molecule has 30 heavy (non-hydrogen) atoms. The number of pyridine rings is 1. The van der Waals surface area contributed by atoms with Gasteiger partial charge in [-0.3, -0.25) is 9.78 Å². The average molecular weight is 420 g/mol. The molecular weight excluding hydrogens is 400 g/mol. The molecule has 0 bridgehead atoms. The van der Waals surface area contributed by atoms with Crippen LogP contribution in [0, 0.1) is 6.92 Å². The van der Waals surface area contributed by atoms with Crippen LogP contribution in [0.4, 0.5) is 0 Å². The number of carbonyl (C=O) groups excluding carboxylic acids is 1. The van der Waals surface area contributed by atoms with E-state index in [9.17, 15) is 4.79 Å². The monoisotopic (exact) mass is 420 g/mol. The molecule has 3 heterocycles. The zero-order chi connectivity index (χ0) is 20.9. The largest absolute Gasteiger partial charge is 0.484 e. The van der Waals surface area contributed by atoms with E-state index in [0.717, 1.165) is 22.0 Å². The molecule has 0 saturated carbocycles. The normalized spacial score (nSPS) is 10.7. The van der Waals surface area contributed by atoms with Gasteiger partial charge in [0.25, 0.3) is 5.91 Å². The maximum Gasteiger partial charge on any atom is 0.276 e. The Balaban J connectivity index is 1.35. The molecule has 0 saturated heterocycles. The number of aromatic nitrogens is 3. The predicted molar refractivity (Wildman–Crippen MR) is 113 cm³/mol. The SMILES string of the molecule is Cc1ccc(OCc2cc(C(=O)N(C)Cc3csc(-c4ccccc4)n3)no2)cn1. The van der Waals surface area contributed by atoms with Crippen LogP contribution in [0.15, 0.2) is 64.6 Å². The summed E-state index contributed by atoms with van der Waals surface area (Å²) in [6.07, 6.45) is 1.64. The quantitative estimate of drug-likeness (QED) is 0.442. The van der Waals surface area contributed by atoms with Crippen LogP contribution in [0.5, 0.6) is 5.75 Å². The van der Waals surface area contributed by atoms with E-state index in [-0.39, 0.29) is 18.2 Å². The lowest BCUT2D eigenvalue weighted by Crippen LogP contribution is -2.26. The van der Waals surface area contributed by atoms with Gasteiger partial charge in [0.05, 0.1) is 18.4 Å². The van der Waals surface area contributed by atoms with Crippen LogP contribution in [0.3, 0.4) is 0 Å². The van der Waals surface area contributed by atoms with Gasteiger partial charge in [0, 0.05) is 29.8 Å². The summed E-state index contributed by atoms with van der Waals surface area (Å²) in [5.41, 5.74) is 3.03. The highest BCUT2D eigenvalue weighted by molar-refractivity contribution is 7.13. The minimum Gasteiger partial charge on any atom is -0.484 e. The van der Waals surface area contributed by atoms with E-state index in [1.54, 1.807) is 35.5 Å². The molecule has 0 atom stereocenters. The molecule has 4 aromatic rings. The number of amides is 1. The smallest absolute Gasteiger partial charge is 0.276 e. The number of thiazole rings is 1. The summed E-state index contributed by atoms with van der Waals surface area (Å²) >= 11 is 1.56. The molecule has 8 heteroatoms. The minimum absolute atomic E-state index is 0.168. The summed E-state index contributed by atoms with van der Waals surface area (Å²) in [5.74, 6) is 0.850. The van der Waals surface area contributed by atoms with Crippen molar-refractivity contribution in [1.29, 1.82) is 0 Å². The van der Waals surface area contributed by atoms with E-state index in [2.05, 4.69) is 15.1 Å². The lowest BCUT2D eigenvalue weighted by Gasteiger charge is -2.13. The first-order valence-corrected chi connectivity index (χ1v) is 10.2. The summed E-state index contributed by atoms with van der Waals surface area (Å²) in [6.45, 7) is 2.46. The molecule has 7 nitrogen and oxygen atoms in total. The number of carbonyl (C=O) groups is 1. The second-order valence-electron chi connectivity index (χ2n) is 6.77. The lowest BCUT2D eigenvalue weighted by molar-refractivity contribution is 0.0773. The summed E-state index contributed by atoms with van der Waals surface area (Å²) in [4.78, 5) is 23.0. The molecule has 0 aliphatic carbocycles. The Morgan fingerprint density at radius 3 is 2.80 bits per heavy atom. The van der Waals surface area contributed by atoms with Gasteiger partial charge in [-0.25, -0.2) is 4.98 Å². The predicted octanol–water partition coefficient (Wildman–Crippen LogP) is 4.35. The van der Waals surface area contributed by atoms with Crippen LogP contribution in [0.1, 0.15) is 27.6 Å². The van der Waals surface area contributed by atoms with Crippen LogP contribution in [-0.2, 0) is 13.2 Å². The van der Waals surface area contributed by atoms with Crippen molar-refractivity contribution in [3.8, 4) is 16.3 Å². The van der Waals surface area contributed by atoms with Crippen molar-refractivity contribution in [1.82, 2.24) is 20.0 Å². The average Bonchev–Trinajstić information content (AvgIpc) is 3.43. The fraction of sp³-hybridized carbons (Fsp3) is 0.182. The van der Waals surface area contributed by atoms with Gasteiger partial charge in [0.1, 0.15) is 17.4 Å². The molecule has 3 aromatic heterocycles. The number of rotatable bonds is 7. The van der Waals surface area contributed by atoms with Gasteiger partial charge in [-0.05, 0) is 19.1 Å². The first kappa shape index (κ1) is 19.8. The van der Waals surface area contributed by atoms with Gasteiger partial charge < -0.3 is 14.2 Å². The van der Waals surface area contributed by atoms with Crippen molar-refractivity contribution < 1.29 is 14.1 Å². The van der Waals surface area contributed by atoms with Crippen LogP contribution in [0.25, 0.3) is 10.6 Å². The fourth-order valence-corrected chi connectivity index (χ4v) is 3.60. The molecule has 0 spiro atoms. The van der Waals surface area contributed by atoms with E-state index < -0.39 is 0 Å². The topological polar surface area (TPSA) is 81.4 Å². The van der Waals surface area contributed by atoms with Gasteiger partial charge >= 0.3 is 0 Å². The number of benzene rings is 1. The van der Waals surface area contributed by atoms with Gasteiger partial charge in [-0.1, -0.05) is 35.5 Å². The van der Waals surface area contributed by atoms with E-state index in [0.29, 0.717) is 18.1 Å². The van der Waals surface area contributed by atoms with Gasteiger partial charge in [0.15, 0.2) is 11.5 Å². The van der Waals surface area contributed by atoms with Gasteiger partial charge in [-0.15, -0.1) is 11.3 Å². The highest BCUT2D eigenvalue weighted by Crippen LogP contribution is 2.24. The van der Waals surface area contributed by atoms with Crippen LogP contribution < -0.4 is 4.74 Å². The van der Waals surface area contributed by atoms with Crippen LogP contribution in [0.2, 0.25) is 0 Å². The molecule has 1 aromatic carbocycles. The molecule has 0 aliphatic rings. The summed E-state index contributed by atoms with van der Waals surface area (Å²) in [6, 6.07) is 15.3. The number of ether oxygens (including phenoxy) is 1. The minimum atomic E-state index is -0.240. The molecule has 0 N–H and O–H groups in total. The van der Waals surface area contributed by atoms with Crippen molar-refractivity contribution in [3.63, 3.8) is 0 Å². The summed E-state index contributed by atoms with van der Waals surface area (Å²) in [5, 5.41) is 6.77. The zero-order valence-corrected chi connectivity index (χ0v) is 17.4. The Kier molecular flexibility index (Phi) is 5.85. The van der Waals surface area contributed by atoms with E-state index in [4.69, 9.17) is 9.26 Å². The summed E-state index contributed by atoms with van der Waals surface area (Å²) in [7, 11) is 1.71. The van der Waals surface area contributed by atoms with Crippen molar-refractivity contribution in [2.24, 2.45) is 0 Å². The molecular formula is C22H20N4O3S. The Morgan fingerprint density at radius 2 is 2.03 bits per heavy atom. The maximum atomic E-state index is 12.7. The number of hydrogen-bond donors (Lipinski definition) is 0. The number of hydrogen-bond acceptors (Lipinski definition) is 7. The van der Waals surface area contributed by atoms with Crippen LogP contribution in [-0.4, -0.2) is 33.0 Å². The third-order valence-corrected chi connectivity index (χ3v) is 5.30. The van der Waals surface area contributed by atoms with Crippen LogP contribution >= 0.6 is 11.3 Å². The Hall–Kier alpha value is -3.52. The maximum absolute atomic E-state index is 12.7. The molecule has 4 rings (SSSR count). The van der Waals surface area contributed by atoms with Crippen molar-refractivity contribution in [2.45, 2.75) is 20.1 Å². The second kappa shape index (κ2) is 8.87. The highest BCUT2D eigenvalue weighted by Gasteiger charge is 2.18. The fourth-order valence-electron chi connectivity index (χ4n) is 2.78. The van der Waals surface area contributed by atoms with Crippen molar-refractivity contribution >= 4 is 17.2 Å². The third kappa shape index (κ3) is 4.72. The van der Waals surface area contributed by atoms with E-state index in [1.165, 1.54) is 0 Å². The zero-order valence-electron chi connectivity index (χ0n) is 16.6. The number of nitrogens with zero attached hydrogens (tertiary/aromatic N) is 4. The molecule has 152 valence electrons. The second-order valence-corrected chi connectivity index (χ2v) is 7.63. The highest BCUT2D eigenvalue weighted by atomic mass is 32.1. The first-order chi connectivity index (χ1) is 14.6. The number of aryl methyl sites for hydroxylation is 1. The van der Waals surface area contributed by atoms with Gasteiger partial charge in [-0.2, -0.15) is 0 Å². The lowest BCUT2D eigenvalue weighted by atomic mass is 10.2. The Labute approximate surface area is 178 Å². The Bertz CT molecular complexity index is 1120. The van der Waals surface area contributed by atoms with Crippen molar-refractivity contribution in [3.05, 3.63) is 82.9 Å². The molecule has 0 aliphatic heterocycles. The Morgan fingerprint density at radius 1 is 1.20 bits per heavy atom. The van der Waals surface area contributed by atoms with E-state index in [1.807, 2.05) is 54.8 Å². The first-order valence-electron chi connectivity index (χ1n) is 9.35.